The van der Waals surface area contributed by atoms with Crippen molar-refractivity contribution in [3.63, 3.8) is 0 Å². The number of amides is 2. The fourth-order valence-electron chi connectivity index (χ4n) is 6.43. The summed E-state index contributed by atoms with van der Waals surface area (Å²) in [6.07, 6.45) is 4.06. The van der Waals surface area contributed by atoms with Gasteiger partial charge in [-0.2, -0.15) is 0 Å². The van der Waals surface area contributed by atoms with Gasteiger partial charge in [-0.25, -0.2) is 9.79 Å². The highest BCUT2D eigenvalue weighted by atomic mass is 16.6. The number of benzodiazepines with no additional fused rings is 1. The Morgan fingerprint density at radius 2 is 1.65 bits per heavy atom. The van der Waals surface area contributed by atoms with Gasteiger partial charge in [-0.05, 0) is 70.8 Å². The first-order valence-corrected chi connectivity index (χ1v) is 14.6. The van der Waals surface area contributed by atoms with E-state index in [1.807, 2.05) is 80.3 Å². The molecule has 2 aliphatic heterocycles. The molecule has 1 spiro atoms. The minimum Gasteiger partial charge on any atom is -0.444 e. The van der Waals surface area contributed by atoms with Gasteiger partial charge in [0.15, 0.2) is 6.23 Å². The van der Waals surface area contributed by atoms with Crippen LogP contribution in [0.2, 0.25) is 0 Å². The van der Waals surface area contributed by atoms with Crippen LogP contribution in [0.15, 0.2) is 59.6 Å². The van der Waals surface area contributed by atoms with Gasteiger partial charge in [0.05, 0.1) is 11.4 Å². The normalized spacial score (nSPS) is 22.4. The van der Waals surface area contributed by atoms with Gasteiger partial charge in [-0.1, -0.05) is 48.5 Å². The van der Waals surface area contributed by atoms with E-state index in [2.05, 4.69) is 0 Å². The minimum atomic E-state index is -0.768. The number of piperidine rings is 1. The number of quaternary nitrogens is 1. The fraction of sp³-hybridized carbons (Fsp3) is 0.531. The lowest BCUT2D eigenvalue weighted by Crippen LogP contribution is -2.98. The zero-order valence-electron chi connectivity index (χ0n) is 24.2. The number of aliphatic hydroxyl groups excluding tert-OH is 1. The average molecular weight is 548 g/mol. The second-order valence-electron chi connectivity index (χ2n) is 12.7. The van der Waals surface area contributed by atoms with Crippen LogP contribution < -0.4 is 10.2 Å². The summed E-state index contributed by atoms with van der Waals surface area (Å²) in [6, 6.07) is 17.8. The molecule has 1 saturated carbocycles. The smallest absolute Gasteiger partial charge is 0.410 e. The Morgan fingerprint density at radius 1 is 1.02 bits per heavy atom. The number of nitrogens with two attached hydrogens (primary N) is 1. The van der Waals surface area contributed by atoms with Crippen molar-refractivity contribution in [3.05, 3.63) is 65.7 Å². The highest BCUT2D eigenvalue weighted by Crippen LogP contribution is 2.46. The van der Waals surface area contributed by atoms with Crippen LogP contribution in [0, 0.1) is 11.3 Å². The number of ether oxygens (including phenoxy) is 1. The highest BCUT2D eigenvalue weighted by molar-refractivity contribution is 6.19. The van der Waals surface area contributed by atoms with E-state index in [0.717, 1.165) is 61.1 Å². The predicted molar refractivity (Wildman–Crippen MR) is 155 cm³/mol. The summed E-state index contributed by atoms with van der Waals surface area (Å²) in [6.45, 7) is 7.12. The number of nitrogens with zero attached hydrogens (tertiary/aromatic N) is 3. The zero-order valence-corrected chi connectivity index (χ0v) is 24.2. The third-order valence-electron chi connectivity index (χ3n) is 8.85. The molecule has 2 heterocycles. The standard InChI is InChI=1S/C32H42N4O4/c1-31(2,3)40-30(39)36-20-18-32(19-21-36)16-14-23(15-17-32)28(37)34-27-29(38)35(4)25-13-9-8-12-24(25)26(33-27)22-10-6-5-7-11-22/h5-13,23,27-28,34,37H,14-21H2,1-4H3/p+1. The van der Waals surface area contributed by atoms with E-state index >= 15 is 0 Å². The maximum absolute atomic E-state index is 13.6. The van der Waals surface area contributed by atoms with Crippen LogP contribution in [0.3, 0.4) is 0 Å². The highest BCUT2D eigenvalue weighted by Gasteiger charge is 2.43. The molecule has 40 heavy (non-hydrogen) atoms. The average Bonchev–Trinajstić information content (AvgIpc) is 3.04. The van der Waals surface area contributed by atoms with Crippen LogP contribution in [0.4, 0.5) is 10.5 Å². The SMILES string of the molecule is CN1C(=O)C([NH2+]C(O)C2CCC3(CC2)CCN(C(=O)OC(C)(C)C)CC3)N=C(c2ccccc2)c2ccccc21. The Hall–Kier alpha value is -3.23. The largest absolute Gasteiger partial charge is 0.444 e. The van der Waals surface area contributed by atoms with Gasteiger partial charge in [0.2, 0.25) is 0 Å². The van der Waals surface area contributed by atoms with Crippen molar-refractivity contribution < 1.29 is 24.7 Å². The molecular formula is C32H43N4O4+. The van der Waals surface area contributed by atoms with Crippen molar-refractivity contribution in [2.75, 3.05) is 25.0 Å². The number of hydrogen-bond donors (Lipinski definition) is 2. The number of fused-ring (bicyclic) bond motifs is 1. The third-order valence-corrected chi connectivity index (χ3v) is 8.85. The number of rotatable bonds is 4. The Balaban J connectivity index is 1.24. The number of likely N-dealkylation sites (tertiary alicyclic amines) is 1. The van der Waals surface area contributed by atoms with Crippen LogP contribution in [0.5, 0.6) is 0 Å². The lowest BCUT2D eigenvalue weighted by atomic mass is 9.65. The molecule has 8 nitrogen and oxygen atoms in total. The van der Waals surface area contributed by atoms with Gasteiger partial charge in [-0.3, -0.25) is 10.1 Å². The first kappa shape index (κ1) is 28.3. The monoisotopic (exact) mass is 547 g/mol. The number of benzene rings is 2. The van der Waals surface area contributed by atoms with E-state index in [-0.39, 0.29) is 23.3 Å². The molecule has 8 heteroatoms. The fourth-order valence-corrected chi connectivity index (χ4v) is 6.43. The third kappa shape index (κ3) is 6.08. The lowest BCUT2D eigenvalue weighted by molar-refractivity contribution is -0.748. The maximum atomic E-state index is 13.6. The van der Waals surface area contributed by atoms with Crippen LogP contribution in [-0.4, -0.2) is 65.9 Å². The number of anilines is 1. The molecule has 2 unspecified atom stereocenters. The first-order valence-electron chi connectivity index (χ1n) is 14.6. The molecule has 214 valence electrons. The number of aliphatic hydroxyl groups is 1. The van der Waals surface area contributed by atoms with Crippen LogP contribution in [0.1, 0.15) is 70.4 Å². The van der Waals surface area contributed by atoms with Crippen LogP contribution in [-0.2, 0) is 9.53 Å². The van der Waals surface area contributed by atoms with Crippen LogP contribution >= 0.6 is 0 Å². The molecule has 0 aromatic heterocycles. The van der Waals surface area contributed by atoms with E-state index in [4.69, 9.17) is 9.73 Å². The van der Waals surface area contributed by atoms with Crippen molar-refractivity contribution in [1.82, 2.24) is 4.90 Å². The number of likely N-dealkylation sites (N-methyl/N-ethyl adjacent to an activating group) is 1. The second-order valence-corrected chi connectivity index (χ2v) is 12.7. The molecule has 5 rings (SSSR count). The topological polar surface area (TPSA) is 99.1 Å². The number of para-hydroxylation sites is 1. The molecule has 1 saturated heterocycles. The van der Waals surface area contributed by atoms with E-state index in [1.165, 1.54) is 0 Å². The molecular weight excluding hydrogens is 504 g/mol. The Kier molecular flexibility index (Phi) is 8.02. The van der Waals surface area contributed by atoms with Crippen molar-refractivity contribution in [1.29, 1.82) is 0 Å². The quantitative estimate of drug-likeness (QED) is 0.567. The molecule has 0 radical (unpaired) electrons. The van der Waals surface area contributed by atoms with Gasteiger partial charge in [0, 0.05) is 37.2 Å². The molecule has 3 N–H and O–H groups in total. The number of carbonyl (C=O) groups is 2. The lowest BCUT2D eigenvalue weighted by Gasteiger charge is -2.46. The first-order chi connectivity index (χ1) is 19.1. The molecule has 2 amide bonds. The minimum absolute atomic E-state index is 0.0913. The summed E-state index contributed by atoms with van der Waals surface area (Å²) >= 11 is 0. The van der Waals surface area contributed by atoms with E-state index < -0.39 is 18.0 Å². The molecule has 2 aromatic rings. The molecule has 1 aliphatic carbocycles. The van der Waals surface area contributed by atoms with Gasteiger partial charge < -0.3 is 19.6 Å². The van der Waals surface area contributed by atoms with E-state index in [1.54, 1.807) is 17.3 Å². The van der Waals surface area contributed by atoms with Gasteiger partial charge in [-0.15, -0.1) is 0 Å². The Labute approximate surface area is 237 Å². The van der Waals surface area contributed by atoms with Gasteiger partial charge in [0.1, 0.15) is 5.60 Å². The zero-order chi connectivity index (χ0) is 28.5. The summed E-state index contributed by atoms with van der Waals surface area (Å²) < 4.78 is 5.56. The van der Waals surface area contributed by atoms with Crippen molar-refractivity contribution in [2.24, 2.45) is 16.3 Å². The van der Waals surface area contributed by atoms with Gasteiger partial charge >= 0.3 is 12.0 Å². The number of carbonyl (C=O) groups excluding carboxylic acids is 2. The Morgan fingerprint density at radius 3 is 2.30 bits per heavy atom. The Bertz CT molecular complexity index is 1240. The van der Waals surface area contributed by atoms with Crippen molar-refractivity contribution in [2.45, 2.75) is 77.3 Å². The van der Waals surface area contributed by atoms with E-state index in [9.17, 15) is 14.7 Å². The summed E-state index contributed by atoms with van der Waals surface area (Å²) in [7, 11) is 1.78. The molecule has 0 bridgehead atoms. The molecule has 2 atom stereocenters. The summed E-state index contributed by atoms with van der Waals surface area (Å²) in [5.74, 6) is -0.0483. The summed E-state index contributed by atoms with van der Waals surface area (Å²) in [5.41, 5.74) is 3.17. The van der Waals surface area contributed by atoms with Crippen molar-refractivity contribution in [3.8, 4) is 0 Å². The van der Waals surface area contributed by atoms with Crippen molar-refractivity contribution >= 4 is 23.4 Å². The maximum Gasteiger partial charge on any atom is 0.410 e. The number of hydrogen-bond acceptors (Lipinski definition) is 5. The van der Waals surface area contributed by atoms with E-state index in [0.29, 0.717) is 13.1 Å². The predicted octanol–water partition coefficient (Wildman–Crippen LogP) is 3.92. The summed E-state index contributed by atoms with van der Waals surface area (Å²) in [4.78, 5) is 34.5. The summed E-state index contributed by atoms with van der Waals surface area (Å²) in [5, 5.41) is 13.1. The van der Waals surface area contributed by atoms with Gasteiger partial charge in [0.25, 0.3) is 6.17 Å². The number of aliphatic imine (C=N–C) groups is 1. The second kappa shape index (κ2) is 11.3. The molecule has 3 aliphatic rings. The molecule has 2 aromatic carbocycles. The molecule has 2 fully saturated rings. The van der Waals surface area contributed by atoms with Crippen LogP contribution in [0.25, 0.3) is 0 Å².